The van der Waals surface area contributed by atoms with Crippen molar-refractivity contribution in [1.82, 2.24) is 4.72 Å². The van der Waals surface area contributed by atoms with Crippen LogP contribution in [0.3, 0.4) is 0 Å². The van der Waals surface area contributed by atoms with E-state index in [1.807, 2.05) is 20.8 Å². The standard InChI is InChI=1S/C13H17FN2OS/c1-9(16-18(17)13(2,3)4)10-6-11(14)8-12(7-10)15-5/h6-9,16H,1-4H3/t9-,18+/m1/s1. The third-order valence-corrected chi connectivity index (χ3v) is 4.05. The van der Waals surface area contributed by atoms with Crippen molar-refractivity contribution in [3.8, 4) is 0 Å². The minimum atomic E-state index is -1.23. The number of halogens is 1. The fourth-order valence-electron chi connectivity index (χ4n) is 1.32. The van der Waals surface area contributed by atoms with E-state index in [0.717, 1.165) is 0 Å². The third kappa shape index (κ3) is 3.90. The van der Waals surface area contributed by atoms with E-state index in [4.69, 9.17) is 6.57 Å². The molecule has 1 aromatic carbocycles. The molecule has 0 fully saturated rings. The van der Waals surface area contributed by atoms with E-state index in [1.165, 1.54) is 12.1 Å². The molecule has 3 nitrogen and oxygen atoms in total. The van der Waals surface area contributed by atoms with Gasteiger partial charge in [-0.2, -0.15) is 0 Å². The van der Waals surface area contributed by atoms with Gasteiger partial charge in [-0.25, -0.2) is 18.2 Å². The molecular weight excluding hydrogens is 251 g/mol. The fourth-order valence-corrected chi connectivity index (χ4v) is 2.13. The number of nitrogens with zero attached hydrogens (tertiary/aromatic N) is 1. The summed E-state index contributed by atoms with van der Waals surface area (Å²) in [6, 6.07) is 3.87. The highest BCUT2D eigenvalue weighted by molar-refractivity contribution is 7.84. The average molecular weight is 268 g/mol. The van der Waals surface area contributed by atoms with Gasteiger partial charge in [-0.3, -0.25) is 0 Å². The molecule has 2 atom stereocenters. The maximum Gasteiger partial charge on any atom is 0.190 e. The number of nitrogens with one attached hydrogen (secondary N) is 1. The lowest BCUT2D eigenvalue weighted by atomic mass is 10.1. The highest BCUT2D eigenvalue weighted by Gasteiger charge is 2.21. The van der Waals surface area contributed by atoms with Gasteiger partial charge in [-0.1, -0.05) is 6.07 Å². The van der Waals surface area contributed by atoms with Crippen molar-refractivity contribution in [2.75, 3.05) is 0 Å². The van der Waals surface area contributed by atoms with Gasteiger partial charge in [0.1, 0.15) is 5.82 Å². The lowest BCUT2D eigenvalue weighted by Gasteiger charge is -2.22. The minimum Gasteiger partial charge on any atom is -0.242 e. The van der Waals surface area contributed by atoms with Crippen LogP contribution in [0.5, 0.6) is 0 Å². The SMILES string of the molecule is [C-]#[N+]c1cc(F)cc([C@@H](C)N[S@@](=O)C(C)(C)C)c1. The smallest absolute Gasteiger partial charge is 0.190 e. The second-order valence-electron chi connectivity index (χ2n) is 5.08. The molecule has 5 heteroatoms. The summed E-state index contributed by atoms with van der Waals surface area (Å²) in [7, 11) is -1.23. The van der Waals surface area contributed by atoms with Crippen molar-refractivity contribution in [3.05, 3.63) is 41.0 Å². The van der Waals surface area contributed by atoms with Gasteiger partial charge in [0.15, 0.2) is 5.69 Å². The molecule has 0 heterocycles. The quantitative estimate of drug-likeness (QED) is 0.836. The molecule has 0 amide bonds. The van der Waals surface area contributed by atoms with Crippen LogP contribution < -0.4 is 4.72 Å². The Hall–Kier alpha value is -1.25. The van der Waals surface area contributed by atoms with Crippen molar-refractivity contribution >= 4 is 16.7 Å². The van der Waals surface area contributed by atoms with E-state index in [9.17, 15) is 8.60 Å². The second kappa shape index (κ2) is 5.59. The molecule has 1 rings (SSSR count). The zero-order valence-electron chi connectivity index (χ0n) is 11.0. The molecule has 0 saturated heterocycles. The summed E-state index contributed by atoms with van der Waals surface area (Å²) in [4.78, 5) is 3.21. The van der Waals surface area contributed by atoms with Crippen molar-refractivity contribution in [2.24, 2.45) is 0 Å². The predicted molar refractivity (Wildman–Crippen MR) is 72.1 cm³/mol. The zero-order chi connectivity index (χ0) is 13.9. The van der Waals surface area contributed by atoms with Crippen LogP contribution in [0.2, 0.25) is 0 Å². The molecule has 98 valence electrons. The summed E-state index contributed by atoms with van der Waals surface area (Å²) in [6.45, 7) is 14.3. The van der Waals surface area contributed by atoms with Crippen molar-refractivity contribution in [3.63, 3.8) is 0 Å². The Labute approximate surface area is 110 Å². The summed E-state index contributed by atoms with van der Waals surface area (Å²) < 4.78 is 27.8. The van der Waals surface area contributed by atoms with Crippen molar-refractivity contribution in [2.45, 2.75) is 38.5 Å². The van der Waals surface area contributed by atoms with Crippen LogP contribution in [-0.2, 0) is 11.0 Å². The second-order valence-corrected chi connectivity index (χ2v) is 7.07. The van der Waals surface area contributed by atoms with E-state index >= 15 is 0 Å². The first-order chi connectivity index (χ1) is 8.24. The molecule has 0 aliphatic rings. The van der Waals surface area contributed by atoms with Gasteiger partial charge in [0, 0.05) is 6.04 Å². The van der Waals surface area contributed by atoms with Crippen LogP contribution in [0.25, 0.3) is 4.85 Å². The van der Waals surface area contributed by atoms with Crippen LogP contribution >= 0.6 is 0 Å². The Morgan fingerprint density at radius 2 is 2.00 bits per heavy atom. The molecule has 0 spiro atoms. The van der Waals surface area contributed by atoms with Gasteiger partial charge in [-0.05, 0) is 45.4 Å². The van der Waals surface area contributed by atoms with E-state index in [0.29, 0.717) is 5.56 Å². The molecule has 0 aliphatic heterocycles. The molecule has 0 radical (unpaired) electrons. The topological polar surface area (TPSA) is 33.5 Å². The predicted octanol–water partition coefficient (Wildman–Crippen LogP) is 3.49. The summed E-state index contributed by atoms with van der Waals surface area (Å²) in [5, 5.41) is 0. The lowest BCUT2D eigenvalue weighted by molar-refractivity contribution is 0.606. The Morgan fingerprint density at radius 3 is 2.50 bits per heavy atom. The summed E-state index contributed by atoms with van der Waals surface area (Å²) >= 11 is 0. The minimum absolute atomic E-state index is 0.250. The summed E-state index contributed by atoms with van der Waals surface area (Å²) in [5.74, 6) is -0.450. The van der Waals surface area contributed by atoms with Crippen LogP contribution in [-0.4, -0.2) is 8.96 Å². The first kappa shape index (κ1) is 14.8. The monoisotopic (exact) mass is 268 g/mol. The van der Waals surface area contributed by atoms with E-state index in [2.05, 4.69) is 9.57 Å². The Balaban J connectivity index is 2.92. The van der Waals surface area contributed by atoms with E-state index in [-0.39, 0.29) is 16.5 Å². The molecule has 1 N–H and O–H groups in total. The molecule has 0 bridgehead atoms. The van der Waals surface area contributed by atoms with Gasteiger partial charge >= 0.3 is 0 Å². The lowest BCUT2D eigenvalue weighted by Crippen LogP contribution is -2.34. The fraction of sp³-hybridized carbons (Fsp3) is 0.462. The zero-order valence-corrected chi connectivity index (χ0v) is 11.8. The van der Waals surface area contributed by atoms with Gasteiger partial charge in [0.25, 0.3) is 0 Å². The van der Waals surface area contributed by atoms with Gasteiger partial charge in [0.2, 0.25) is 0 Å². The Bertz CT molecular complexity index is 503. The molecule has 0 unspecified atom stereocenters. The van der Waals surface area contributed by atoms with Gasteiger partial charge in [0.05, 0.1) is 22.3 Å². The van der Waals surface area contributed by atoms with E-state index < -0.39 is 16.8 Å². The average Bonchev–Trinajstić information content (AvgIpc) is 2.26. The maximum atomic E-state index is 13.3. The molecular formula is C13H17FN2OS. The van der Waals surface area contributed by atoms with Crippen LogP contribution in [0.1, 0.15) is 39.3 Å². The first-order valence-electron chi connectivity index (χ1n) is 5.60. The highest BCUT2D eigenvalue weighted by Crippen LogP contribution is 2.23. The summed E-state index contributed by atoms with van der Waals surface area (Å²) in [6.07, 6.45) is 0. The Morgan fingerprint density at radius 1 is 1.39 bits per heavy atom. The summed E-state index contributed by atoms with van der Waals surface area (Å²) in [5.41, 5.74) is 0.874. The first-order valence-corrected chi connectivity index (χ1v) is 6.75. The molecule has 0 aromatic heterocycles. The molecule has 1 aromatic rings. The normalized spacial score (nSPS) is 14.9. The third-order valence-electron chi connectivity index (χ3n) is 2.37. The van der Waals surface area contributed by atoms with E-state index in [1.54, 1.807) is 13.0 Å². The number of hydrogen-bond acceptors (Lipinski definition) is 1. The number of hydrogen-bond donors (Lipinski definition) is 1. The maximum absolute atomic E-state index is 13.3. The molecule has 0 aliphatic carbocycles. The molecule has 0 saturated carbocycles. The van der Waals surface area contributed by atoms with Crippen molar-refractivity contribution < 1.29 is 8.60 Å². The van der Waals surface area contributed by atoms with Crippen molar-refractivity contribution in [1.29, 1.82) is 0 Å². The number of rotatable bonds is 3. The number of benzene rings is 1. The highest BCUT2D eigenvalue weighted by atomic mass is 32.2. The van der Waals surface area contributed by atoms with Gasteiger partial charge < -0.3 is 0 Å². The van der Waals surface area contributed by atoms with Crippen LogP contribution in [0, 0.1) is 12.4 Å². The Kier molecular flexibility index (Phi) is 4.60. The van der Waals surface area contributed by atoms with Crippen LogP contribution in [0.15, 0.2) is 18.2 Å². The molecule has 18 heavy (non-hydrogen) atoms. The van der Waals surface area contributed by atoms with Crippen LogP contribution in [0.4, 0.5) is 10.1 Å². The largest absolute Gasteiger partial charge is 0.242 e. The van der Waals surface area contributed by atoms with Gasteiger partial charge in [-0.15, -0.1) is 0 Å².